The van der Waals surface area contributed by atoms with E-state index in [1.54, 1.807) is 0 Å². The standard InChI is InChI=1S/C18H21NS/c1-15-6-5-9-17-11-13-19(14-20-18(15)17)12-10-16-7-3-2-4-8-16/h2-9H,10-14H2,1H3. The molecule has 0 aromatic heterocycles. The summed E-state index contributed by atoms with van der Waals surface area (Å²) in [4.78, 5) is 4.09. The van der Waals surface area contributed by atoms with Gasteiger partial charge in [0.15, 0.2) is 0 Å². The van der Waals surface area contributed by atoms with Gasteiger partial charge in [0.2, 0.25) is 0 Å². The number of thioether (sulfide) groups is 1. The van der Waals surface area contributed by atoms with E-state index in [-0.39, 0.29) is 0 Å². The van der Waals surface area contributed by atoms with Gasteiger partial charge in [-0.05, 0) is 36.5 Å². The molecule has 0 atom stereocenters. The summed E-state index contributed by atoms with van der Waals surface area (Å²) in [7, 11) is 0. The first-order chi connectivity index (χ1) is 9.83. The molecule has 0 saturated heterocycles. The van der Waals surface area contributed by atoms with Crippen LogP contribution in [0.5, 0.6) is 0 Å². The monoisotopic (exact) mass is 283 g/mol. The lowest BCUT2D eigenvalue weighted by molar-refractivity contribution is 0.331. The SMILES string of the molecule is Cc1cccc2c1SCN(CCc1ccccc1)CC2. The lowest BCUT2D eigenvalue weighted by atomic mass is 10.1. The van der Waals surface area contributed by atoms with Crippen LogP contribution in [0, 0.1) is 6.92 Å². The zero-order valence-corrected chi connectivity index (χ0v) is 12.8. The first kappa shape index (κ1) is 13.7. The summed E-state index contributed by atoms with van der Waals surface area (Å²) >= 11 is 2.01. The van der Waals surface area contributed by atoms with E-state index in [1.165, 1.54) is 34.6 Å². The van der Waals surface area contributed by atoms with Crippen molar-refractivity contribution in [2.75, 3.05) is 19.0 Å². The van der Waals surface area contributed by atoms with Crippen LogP contribution in [0.15, 0.2) is 53.4 Å². The highest BCUT2D eigenvalue weighted by atomic mass is 32.2. The molecule has 104 valence electrons. The molecule has 20 heavy (non-hydrogen) atoms. The fraction of sp³-hybridized carbons (Fsp3) is 0.333. The van der Waals surface area contributed by atoms with Gasteiger partial charge in [-0.25, -0.2) is 0 Å². The van der Waals surface area contributed by atoms with E-state index in [0.717, 1.165) is 18.8 Å². The van der Waals surface area contributed by atoms with Crippen molar-refractivity contribution < 1.29 is 0 Å². The Morgan fingerprint density at radius 3 is 2.75 bits per heavy atom. The molecule has 0 radical (unpaired) electrons. The molecule has 2 aromatic rings. The molecule has 1 aliphatic heterocycles. The number of hydrogen-bond acceptors (Lipinski definition) is 2. The third-order valence-corrected chi connectivity index (χ3v) is 5.31. The number of aryl methyl sites for hydroxylation is 1. The third kappa shape index (κ3) is 3.25. The normalized spacial score (nSPS) is 15.7. The van der Waals surface area contributed by atoms with Gasteiger partial charge < -0.3 is 0 Å². The highest BCUT2D eigenvalue weighted by Crippen LogP contribution is 2.30. The Hall–Kier alpha value is -1.25. The molecule has 2 heteroatoms. The number of benzene rings is 2. The zero-order chi connectivity index (χ0) is 13.8. The maximum atomic E-state index is 2.58. The summed E-state index contributed by atoms with van der Waals surface area (Å²) in [6, 6.07) is 17.5. The van der Waals surface area contributed by atoms with Gasteiger partial charge in [-0.3, -0.25) is 4.90 Å². The molecule has 0 unspecified atom stereocenters. The third-order valence-electron chi connectivity index (χ3n) is 3.94. The molecule has 2 aromatic carbocycles. The molecule has 1 nitrogen and oxygen atoms in total. The summed E-state index contributed by atoms with van der Waals surface area (Å²) in [5, 5.41) is 0. The predicted octanol–water partition coefficient (Wildman–Crippen LogP) is 4.15. The van der Waals surface area contributed by atoms with Crippen LogP contribution >= 0.6 is 11.8 Å². The second-order valence-corrected chi connectivity index (χ2v) is 6.40. The van der Waals surface area contributed by atoms with Gasteiger partial charge in [0.05, 0.1) is 0 Å². The lowest BCUT2D eigenvalue weighted by Gasteiger charge is -2.19. The average Bonchev–Trinajstić information content (AvgIpc) is 2.70. The Kier molecular flexibility index (Phi) is 4.44. The second kappa shape index (κ2) is 6.47. The van der Waals surface area contributed by atoms with Gasteiger partial charge in [-0.1, -0.05) is 48.5 Å². The molecule has 0 N–H and O–H groups in total. The predicted molar refractivity (Wildman–Crippen MR) is 87.3 cm³/mol. The molecule has 0 saturated carbocycles. The minimum atomic E-state index is 1.12. The smallest absolute Gasteiger partial charge is 0.0492 e. The number of hydrogen-bond donors (Lipinski definition) is 0. The molecule has 1 aliphatic rings. The molecule has 3 rings (SSSR count). The van der Waals surface area contributed by atoms with Gasteiger partial charge >= 0.3 is 0 Å². The van der Waals surface area contributed by atoms with Crippen LogP contribution in [-0.4, -0.2) is 23.9 Å². The first-order valence-electron chi connectivity index (χ1n) is 7.30. The van der Waals surface area contributed by atoms with Gasteiger partial charge in [0, 0.05) is 23.9 Å². The van der Waals surface area contributed by atoms with Crippen LogP contribution < -0.4 is 0 Å². The van der Waals surface area contributed by atoms with Gasteiger partial charge in [-0.15, -0.1) is 11.8 Å². The minimum absolute atomic E-state index is 1.12. The van der Waals surface area contributed by atoms with Crippen LogP contribution in [0.2, 0.25) is 0 Å². The highest BCUT2D eigenvalue weighted by Gasteiger charge is 2.15. The number of rotatable bonds is 3. The molecular formula is C18H21NS. The van der Waals surface area contributed by atoms with Crippen LogP contribution in [-0.2, 0) is 12.8 Å². The lowest BCUT2D eigenvalue weighted by Crippen LogP contribution is -2.26. The topological polar surface area (TPSA) is 3.24 Å². The Morgan fingerprint density at radius 1 is 1.05 bits per heavy atom. The largest absolute Gasteiger partial charge is 0.293 e. The molecule has 0 aliphatic carbocycles. The van der Waals surface area contributed by atoms with Gasteiger partial charge in [0.1, 0.15) is 0 Å². The van der Waals surface area contributed by atoms with Crippen molar-refractivity contribution in [3.05, 3.63) is 65.2 Å². The maximum Gasteiger partial charge on any atom is 0.0492 e. The van der Waals surface area contributed by atoms with Crippen LogP contribution in [0.25, 0.3) is 0 Å². The molecule has 0 spiro atoms. The fourth-order valence-electron chi connectivity index (χ4n) is 2.72. The Bertz CT molecular complexity index is 565. The van der Waals surface area contributed by atoms with Crippen molar-refractivity contribution in [2.24, 2.45) is 0 Å². The summed E-state index contributed by atoms with van der Waals surface area (Å²) in [6.45, 7) is 4.56. The van der Waals surface area contributed by atoms with E-state index in [0.29, 0.717) is 0 Å². The quantitative estimate of drug-likeness (QED) is 0.832. The summed E-state index contributed by atoms with van der Waals surface area (Å²) in [5.74, 6) is 1.12. The number of nitrogens with zero attached hydrogens (tertiary/aromatic N) is 1. The van der Waals surface area contributed by atoms with Crippen molar-refractivity contribution >= 4 is 11.8 Å². The van der Waals surface area contributed by atoms with Crippen molar-refractivity contribution in [3.63, 3.8) is 0 Å². The van der Waals surface area contributed by atoms with Crippen molar-refractivity contribution in [2.45, 2.75) is 24.7 Å². The van der Waals surface area contributed by atoms with E-state index in [2.05, 4.69) is 60.4 Å². The summed E-state index contributed by atoms with van der Waals surface area (Å²) in [5.41, 5.74) is 4.39. The van der Waals surface area contributed by atoms with Crippen molar-refractivity contribution in [1.82, 2.24) is 4.90 Å². The van der Waals surface area contributed by atoms with E-state index < -0.39 is 0 Å². The molecule has 0 fully saturated rings. The number of fused-ring (bicyclic) bond motifs is 1. The van der Waals surface area contributed by atoms with Gasteiger partial charge in [-0.2, -0.15) is 0 Å². The average molecular weight is 283 g/mol. The van der Waals surface area contributed by atoms with E-state index >= 15 is 0 Å². The highest BCUT2D eigenvalue weighted by molar-refractivity contribution is 7.99. The second-order valence-electron chi connectivity index (χ2n) is 5.44. The molecule has 0 bridgehead atoms. The van der Waals surface area contributed by atoms with Crippen molar-refractivity contribution in [1.29, 1.82) is 0 Å². The first-order valence-corrected chi connectivity index (χ1v) is 8.29. The molecule has 0 amide bonds. The van der Waals surface area contributed by atoms with Crippen LogP contribution in [0.1, 0.15) is 16.7 Å². The zero-order valence-electron chi connectivity index (χ0n) is 12.0. The van der Waals surface area contributed by atoms with E-state index in [4.69, 9.17) is 0 Å². The summed E-state index contributed by atoms with van der Waals surface area (Å²) < 4.78 is 0. The van der Waals surface area contributed by atoms with Crippen molar-refractivity contribution in [3.8, 4) is 0 Å². The summed E-state index contributed by atoms with van der Waals surface area (Å²) in [6.07, 6.45) is 2.33. The minimum Gasteiger partial charge on any atom is -0.293 e. The fourth-order valence-corrected chi connectivity index (χ4v) is 3.94. The molecular weight excluding hydrogens is 262 g/mol. The molecule has 1 heterocycles. The van der Waals surface area contributed by atoms with E-state index in [1.807, 2.05) is 11.8 Å². The Balaban J connectivity index is 1.61. The Labute approximate surface area is 126 Å². The van der Waals surface area contributed by atoms with Gasteiger partial charge in [0.25, 0.3) is 0 Å². The van der Waals surface area contributed by atoms with Crippen LogP contribution in [0.4, 0.5) is 0 Å². The van der Waals surface area contributed by atoms with Crippen LogP contribution in [0.3, 0.4) is 0 Å². The maximum absolute atomic E-state index is 2.58. The van der Waals surface area contributed by atoms with E-state index in [9.17, 15) is 0 Å². The Morgan fingerprint density at radius 2 is 1.90 bits per heavy atom.